The van der Waals surface area contributed by atoms with Crippen molar-refractivity contribution in [3.63, 3.8) is 0 Å². The van der Waals surface area contributed by atoms with Gasteiger partial charge in [0.1, 0.15) is 12.0 Å². The zero-order valence-corrected chi connectivity index (χ0v) is 8.47. The third kappa shape index (κ3) is 3.90. The molecule has 0 aliphatic heterocycles. The molecule has 0 amide bonds. The first kappa shape index (κ1) is 12.0. The molecular weight excluding hydrogens is 226 g/mol. The van der Waals surface area contributed by atoms with Crippen molar-refractivity contribution >= 4 is 10.2 Å². The minimum absolute atomic E-state index is 0.200. The molecule has 0 unspecified atom stereocenters. The van der Waals surface area contributed by atoms with Crippen LogP contribution in [0.1, 0.15) is 11.7 Å². The molecule has 0 bridgehead atoms. The summed E-state index contributed by atoms with van der Waals surface area (Å²) in [6.07, 6.45) is -1.76. The lowest BCUT2D eigenvalue weighted by Crippen LogP contribution is -2.33. The molecule has 0 aliphatic carbocycles. The summed E-state index contributed by atoms with van der Waals surface area (Å²) in [5, 5.41) is 4.60. The van der Waals surface area contributed by atoms with Crippen LogP contribution in [0, 0.1) is 5.82 Å². The number of benzene rings is 1. The predicted octanol–water partition coefficient (Wildman–Crippen LogP) is 0.629. The van der Waals surface area contributed by atoms with Crippen LogP contribution in [0.5, 0.6) is 0 Å². The summed E-state index contributed by atoms with van der Waals surface area (Å²) in [6, 6.07) is 5.21. The third-order valence-electron chi connectivity index (χ3n) is 1.71. The second-order valence-corrected chi connectivity index (χ2v) is 4.26. The Bertz CT molecular complexity index is 436. The Kier molecular flexibility index (Phi) is 3.72. The lowest BCUT2D eigenvalue weighted by Gasteiger charge is -2.09. The smallest absolute Gasteiger partial charge is 0.241 e. The second-order valence-electron chi connectivity index (χ2n) is 2.88. The van der Waals surface area contributed by atoms with Crippen LogP contribution in [0.2, 0.25) is 0 Å². The quantitative estimate of drug-likeness (QED) is 0.804. The molecule has 0 saturated heterocycles. The molecule has 84 valence electrons. The van der Waals surface area contributed by atoms with Crippen molar-refractivity contribution in [1.29, 1.82) is 0 Å². The summed E-state index contributed by atoms with van der Waals surface area (Å²) in [7, 11) is -3.95. The topological polar surface area (TPSA) is 72.2 Å². The second kappa shape index (κ2) is 4.65. The molecule has 1 aromatic carbocycles. The minimum atomic E-state index is -3.95. The van der Waals surface area contributed by atoms with Crippen LogP contribution in [0.25, 0.3) is 0 Å². The van der Waals surface area contributed by atoms with E-state index in [1.54, 1.807) is 4.72 Å². The molecule has 7 heteroatoms. The Labute approximate surface area is 86.3 Å². The van der Waals surface area contributed by atoms with E-state index >= 15 is 0 Å². The molecule has 15 heavy (non-hydrogen) atoms. The van der Waals surface area contributed by atoms with Crippen molar-refractivity contribution in [2.24, 2.45) is 5.14 Å². The highest BCUT2D eigenvalue weighted by Gasteiger charge is 2.15. The summed E-state index contributed by atoms with van der Waals surface area (Å²) in [6.45, 7) is -0.584. The number of nitrogens with two attached hydrogens (primary N) is 1. The Morgan fingerprint density at radius 2 is 2.00 bits per heavy atom. The van der Waals surface area contributed by atoms with E-state index in [-0.39, 0.29) is 5.56 Å². The number of hydrogen-bond acceptors (Lipinski definition) is 2. The van der Waals surface area contributed by atoms with Crippen LogP contribution in [0.15, 0.2) is 24.3 Å². The van der Waals surface area contributed by atoms with E-state index in [9.17, 15) is 17.2 Å². The molecule has 1 aromatic rings. The Balaban J connectivity index is 2.70. The molecule has 0 fully saturated rings. The van der Waals surface area contributed by atoms with E-state index < -0.39 is 28.7 Å². The fourth-order valence-corrected chi connectivity index (χ4v) is 1.41. The largest absolute Gasteiger partial charge is 0.274 e. The Morgan fingerprint density at radius 3 is 2.53 bits per heavy atom. The zero-order chi connectivity index (χ0) is 11.5. The summed E-state index contributed by atoms with van der Waals surface area (Å²) >= 11 is 0. The van der Waals surface area contributed by atoms with Crippen LogP contribution >= 0.6 is 0 Å². The summed E-state index contributed by atoms with van der Waals surface area (Å²) in [5.74, 6) is -0.721. The standard InChI is InChI=1S/C8H10F2N2O2S/c9-7-4-2-1-3-6(7)8(10)5-12-15(11,13)14/h1-4,8,12H,5H2,(H2,11,13,14)/t8-/m0/s1. The Morgan fingerprint density at radius 1 is 1.40 bits per heavy atom. The van der Waals surface area contributed by atoms with E-state index in [1.807, 2.05) is 0 Å². The van der Waals surface area contributed by atoms with Crippen molar-refractivity contribution in [3.8, 4) is 0 Å². The van der Waals surface area contributed by atoms with Gasteiger partial charge < -0.3 is 0 Å². The zero-order valence-electron chi connectivity index (χ0n) is 7.65. The maximum absolute atomic E-state index is 13.3. The van der Waals surface area contributed by atoms with E-state index in [4.69, 9.17) is 0 Å². The molecule has 0 spiro atoms. The molecule has 1 rings (SSSR count). The van der Waals surface area contributed by atoms with Gasteiger partial charge in [-0.1, -0.05) is 18.2 Å². The van der Waals surface area contributed by atoms with Gasteiger partial charge in [0, 0.05) is 12.1 Å². The van der Waals surface area contributed by atoms with Crippen molar-refractivity contribution < 1.29 is 17.2 Å². The molecule has 0 saturated carbocycles. The first-order valence-corrected chi connectivity index (χ1v) is 5.60. The fraction of sp³-hybridized carbons (Fsp3) is 0.250. The van der Waals surface area contributed by atoms with Gasteiger partial charge in [-0.25, -0.2) is 13.9 Å². The van der Waals surface area contributed by atoms with Crippen LogP contribution in [0.4, 0.5) is 8.78 Å². The van der Waals surface area contributed by atoms with Gasteiger partial charge in [-0.3, -0.25) is 0 Å². The van der Waals surface area contributed by atoms with Gasteiger partial charge in [0.15, 0.2) is 0 Å². The number of rotatable bonds is 4. The highest BCUT2D eigenvalue weighted by atomic mass is 32.2. The van der Waals surface area contributed by atoms with Gasteiger partial charge in [-0.15, -0.1) is 0 Å². The van der Waals surface area contributed by atoms with Crippen molar-refractivity contribution in [1.82, 2.24) is 4.72 Å². The molecule has 0 aliphatic rings. The molecule has 4 nitrogen and oxygen atoms in total. The van der Waals surface area contributed by atoms with Crippen LogP contribution in [0.3, 0.4) is 0 Å². The van der Waals surface area contributed by atoms with Gasteiger partial charge in [0.25, 0.3) is 10.2 Å². The fourth-order valence-electron chi connectivity index (χ4n) is 1.03. The van der Waals surface area contributed by atoms with Gasteiger partial charge in [-0.05, 0) is 6.07 Å². The monoisotopic (exact) mass is 236 g/mol. The van der Waals surface area contributed by atoms with E-state index in [1.165, 1.54) is 18.2 Å². The molecule has 1 atom stereocenters. The highest BCUT2D eigenvalue weighted by molar-refractivity contribution is 7.87. The first-order valence-electron chi connectivity index (χ1n) is 4.06. The highest BCUT2D eigenvalue weighted by Crippen LogP contribution is 2.19. The number of alkyl halides is 1. The minimum Gasteiger partial charge on any atom is -0.241 e. The molecule has 0 heterocycles. The lowest BCUT2D eigenvalue weighted by molar-refractivity contribution is 0.332. The van der Waals surface area contributed by atoms with Gasteiger partial charge in [-0.2, -0.15) is 13.1 Å². The van der Waals surface area contributed by atoms with Crippen LogP contribution in [-0.2, 0) is 10.2 Å². The van der Waals surface area contributed by atoms with Crippen molar-refractivity contribution in [3.05, 3.63) is 35.6 Å². The van der Waals surface area contributed by atoms with Gasteiger partial charge in [0.05, 0.1) is 0 Å². The summed E-state index contributed by atoms with van der Waals surface area (Å²) in [4.78, 5) is 0. The first-order chi connectivity index (χ1) is 6.90. The molecule has 0 radical (unpaired) electrons. The predicted molar refractivity (Wildman–Crippen MR) is 51.4 cm³/mol. The van der Waals surface area contributed by atoms with Crippen molar-refractivity contribution in [2.45, 2.75) is 6.17 Å². The lowest BCUT2D eigenvalue weighted by atomic mass is 10.1. The molecule has 3 N–H and O–H groups in total. The van der Waals surface area contributed by atoms with Crippen LogP contribution < -0.4 is 9.86 Å². The van der Waals surface area contributed by atoms with Crippen molar-refractivity contribution in [2.75, 3.05) is 6.54 Å². The SMILES string of the molecule is NS(=O)(=O)NC[C@H](F)c1ccccc1F. The maximum atomic E-state index is 13.3. The van der Waals surface area contributed by atoms with E-state index in [0.29, 0.717) is 0 Å². The Hall–Kier alpha value is -1.05. The molecular formula is C8H10F2N2O2S. The average molecular weight is 236 g/mol. The van der Waals surface area contributed by atoms with E-state index in [2.05, 4.69) is 5.14 Å². The van der Waals surface area contributed by atoms with Crippen LogP contribution in [-0.4, -0.2) is 15.0 Å². The number of hydrogen-bond donors (Lipinski definition) is 2. The van der Waals surface area contributed by atoms with Gasteiger partial charge in [0.2, 0.25) is 0 Å². The summed E-state index contributed by atoms with van der Waals surface area (Å²) in [5.41, 5.74) is -0.200. The normalized spacial score (nSPS) is 13.8. The maximum Gasteiger partial charge on any atom is 0.274 e. The molecule has 0 aromatic heterocycles. The van der Waals surface area contributed by atoms with E-state index in [0.717, 1.165) is 6.07 Å². The third-order valence-corrected chi connectivity index (χ3v) is 2.28. The summed E-state index contributed by atoms with van der Waals surface area (Å²) < 4.78 is 49.0. The number of halogens is 2. The van der Waals surface area contributed by atoms with Gasteiger partial charge >= 0.3 is 0 Å². The number of nitrogens with one attached hydrogen (secondary N) is 1. The average Bonchev–Trinajstić information content (AvgIpc) is 2.14.